The Hall–Kier alpha value is -3.19. The molecular weight excluding hydrogens is 418 g/mol. The summed E-state index contributed by atoms with van der Waals surface area (Å²) in [5, 5.41) is 3.22. The lowest BCUT2D eigenvalue weighted by Gasteiger charge is -2.14. The second-order valence-electron chi connectivity index (χ2n) is 7.67. The van der Waals surface area contributed by atoms with Gasteiger partial charge in [-0.05, 0) is 47.9 Å². The van der Waals surface area contributed by atoms with Gasteiger partial charge in [-0.2, -0.15) is 0 Å². The maximum absolute atomic E-state index is 12.4. The lowest BCUT2D eigenvalue weighted by Crippen LogP contribution is -2.19. The van der Waals surface area contributed by atoms with Crippen molar-refractivity contribution in [3.8, 4) is 11.5 Å². The van der Waals surface area contributed by atoms with Crippen LogP contribution in [0.1, 0.15) is 19.4 Å². The Morgan fingerprint density at radius 1 is 1.16 bits per heavy atom. The predicted octanol–water partition coefficient (Wildman–Crippen LogP) is 4.23. The first-order valence-electron chi connectivity index (χ1n) is 9.86. The van der Waals surface area contributed by atoms with E-state index in [9.17, 15) is 9.59 Å². The average Bonchev–Trinajstić information content (AvgIpc) is 2.94. The van der Waals surface area contributed by atoms with E-state index in [4.69, 9.17) is 21.1 Å². The summed E-state index contributed by atoms with van der Waals surface area (Å²) in [6.07, 6.45) is 3.06. The smallest absolute Gasteiger partial charge is 0.328 e. The van der Waals surface area contributed by atoms with Gasteiger partial charge < -0.3 is 14.8 Å². The minimum absolute atomic E-state index is 0.120. The van der Waals surface area contributed by atoms with Gasteiger partial charge in [-0.1, -0.05) is 25.4 Å². The molecule has 0 unspecified atom stereocenters. The molecule has 2 aromatic carbocycles. The fourth-order valence-corrected chi connectivity index (χ4v) is 3.44. The van der Waals surface area contributed by atoms with Gasteiger partial charge in [0.05, 0.1) is 29.8 Å². The van der Waals surface area contributed by atoms with Crippen molar-refractivity contribution >= 4 is 40.3 Å². The summed E-state index contributed by atoms with van der Waals surface area (Å²) < 4.78 is 14.2. The fraction of sp³-hybridized carbons (Fsp3) is 0.304. The summed E-state index contributed by atoms with van der Waals surface area (Å²) in [7, 11) is 4.95. The molecule has 0 fully saturated rings. The zero-order valence-corrected chi connectivity index (χ0v) is 19.0. The molecule has 3 rings (SSSR count). The Morgan fingerprint density at radius 3 is 2.55 bits per heavy atom. The van der Waals surface area contributed by atoms with Crippen LogP contribution < -0.4 is 20.5 Å². The number of nitrogens with zero attached hydrogens (tertiary/aromatic N) is 2. The molecule has 0 radical (unpaired) electrons. The highest BCUT2D eigenvalue weighted by Crippen LogP contribution is 2.37. The zero-order valence-electron chi connectivity index (χ0n) is 18.2. The number of carbonyl (C=O) groups excluding carboxylic acids is 1. The SMILES string of the molecule is COc1cc(/C=C/C(=O)Nc2ccc3c(c2)n(C)c(=O)n3C)cc(Cl)c1OCC(C)C. The van der Waals surface area contributed by atoms with Crippen LogP contribution in [-0.4, -0.2) is 28.8 Å². The number of hydrogen-bond acceptors (Lipinski definition) is 4. The molecule has 0 aliphatic carbocycles. The summed E-state index contributed by atoms with van der Waals surface area (Å²) >= 11 is 6.36. The first-order valence-corrected chi connectivity index (χ1v) is 10.2. The van der Waals surface area contributed by atoms with Crippen LogP contribution in [0, 0.1) is 5.92 Å². The quantitative estimate of drug-likeness (QED) is 0.554. The number of ether oxygens (including phenoxy) is 2. The Kier molecular flexibility index (Phi) is 6.75. The number of imidazole rings is 1. The van der Waals surface area contributed by atoms with Crippen LogP contribution in [0.15, 0.2) is 41.2 Å². The molecule has 1 N–H and O–H groups in total. The van der Waals surface area contributed by atoms with Crippen LogP contribution in [0.3, 0.4) is 0 Å². The van der Waals surface area contributed by atoms with Crippen LogP contribution in [0.4, 0.5) is 5.69 Å². The Balaban J connectivity index is 1.76. The van der Waals surface area contributed by atoms with Crippen molar-refractivity contribution in [2.45, 2.75) is 13.8 Å². The third-order valence-corrected chi connectivity index (χ3v) is 5.06. The molecule has 0 aliphatic rings. The van der Waals surface area contributed by atoms with Gasteiger partial charge in [0.15, 0.2) is 11.5 Å². The maximum atomic E-state index is 12.4. The van der Waals surface area contributed by atoms with Crippen molar-refractivity contribution in [3.63, 3.8) is 0 Å². The zero-order chi connectivity index (χ0) is 22.7. The minimum Gasteiger partial charge on any atom is -0.493 e. The van der Waals surface area contributed by atoms with Crippen LogP contribution in [0.25, 0.3) is 17.1 Å². The Morgan fingerprint density at radius 2 is 1.87 bits per heavy atom. The molecule has 1 aromatic heterocycles. The number of nitrogens with one attached hydrogen (secondary N) is 1. The maximum Gasteiger partial charge on any atom is 0.328 e. The molecule has 1 amide bonds. The van der Waals surface area contributed by atoms with Gasteiger partial charge in [0.1, 0.15) is 0 Å². The number of rotatable bonds is 7. The highest BCUT2D eigenvalue weighted by Gasteiger charge is 2.13. The van der Waals surface area contributed by atoms with E-state index in [1.165, 1.54) is 10.6 Å². The van der Waals surface area contributed by atoms with Gasteiger partial charge in [-0.25, -0.2) is 4.79 Å². The first-order chi connectivity index (χ1) is 14.7. The van der Waals surface area contributed by atoms with Crippen molar-refractivity contribution in [1.29, 1.82) is 0 Å². The third-order valence-electron chi connectivity index (χ3n) is 4.78. The molecule has 7 nitrogen and oxygen atoms in total. The number of aryl methyl sites for hydroxylation is 2. The Bertz CT molecular complexity index is 1210. The number of fused-ring (bicyclic) bond motifs is 1. The van der Waals surface area contributed by atoms with Crippen LogP contribution >= 0.6 is 11.6 Å². The molecule has 0 bridgehead atoms. The highest BCUT2D eigenvalue weighted by atomic mass is 35.5. The first kappa shape index (κ1) is 22.5. The molecule has 1 heterocycles. The predicted molar refractivity (Wildman–Crippen MR) is 124 cm³/mol. The van der Waals surface area contributed by atoms with Crippen molar-refractivity contribution < 1.29 is 14.3 Å². The summed E-state index contributed by atoms with van der Waals surface area (Å²) in [6, 6.07) is 8.81. The second-order valence-corrected chi connectivity index (χ2v) is 8.07. The largest absolute Gasteiger partial charge is 0.493 e. The van der Waals surface area contributed by atoms with Crippen LogP contribution in [0.2, 0.25) is 5.02 Å². The second kappa shape index (κ2) is 9.31. The molecular formula is C23H26ClN3O4. The molecule has 0 aliphatic heterocycles. The minimum atomic E-state index is -0.310. The molecule has 31 heavy (non-hydrogen) atoms. The van der Waals surface area contributed by atoms with E-state index in [0.717, 1.165) is 11.0 Å². The lowest BCUT2D eigenvalue weighted by atomic mass is 10.1. The number of anilines is 1. The number of carbonyl (C=O) groups is 1. The number of amides is 1. The number of halogens is 1. The standard InChI is InChI=1S/C23H26ClN3O4/c1-14(2)13-31-22-17(24)10-15(11-20(22)30-5)6-9-21(28)25-16-7-8-18-19(12-16)27(4)23(29)26(18)3/h6-12,14H,13H2,1-5H3,(H,25,28)/b9-6+. The average molecular weight is 444 g/mol. The monoisotopic (exact) mass is 443 g/mol. The van der Waals surface area contributed by atoms with E-state index < -0.39 is 0 Å². The number of methoxy groups -OCH3 is 1. The topological polar surface area (TPSA) is 74.5 Å². The van der Waals surface area contributed by atoms with Gasteiger partial charge in [0, 0.05) is 25.9 Å². The summed E-state index contributed by atoms with van der Waals surface area (Å²) in [5.41, 5.74) is 2.71. The van der Waals surface area contributed by atoms with E-state index in [1.54, 1.807) is 62.2 Å². The van der Waals surface area contributed by atoms with E-state index in [0.29, 0.717) is 40.3 Å². The van der Waals surface area contributed by atoms with E-state index >= 15 is 0 Å². The van der Waals surface area contributed by atoms with Crippen molar-refractivity contribution in [3.05, 3.63) is 57.5 Å². The van der Waals surface area contributed by atoms with E-state index in [2.05, 4.69) is 5.32 Å². The molecule has 3 aromatic rings. The van der Waals surface area contributed by atoms with Gasteiger partial charge in [-0.15, -0.1) is 0 Å². The normalized spacial score (nSPS) is 11.5. The molecule has 0 spiro atoms. The van der Waals surface area contributed by atoms with Crippen molar-refractivity contribution in [2.24, 2.45) is 20.0 Å². The summed E-state index contributed by atoms with van der Waals surface area (Å²) in [5.74, 6) is 1.03. The van der Waals surface area contributed by atoms with E-state index in [1.807, 2.05) is 13.8 Å². The van der Waals surface area contributed by atoms with Gasteiger partial charge >= 0.3 is 5.69 Å². The summed E-state index contributed by atoms with van der Waals surface area (Å²) in [4.78, 5) is 24.5. The van der Waals surface area contributed by atoms with Crippen molar-refractivity contribution in [2.75, 3.05) is 19.0 Å². The summed E-state index contributed by atoms with van der Waals surface area (Å²) in [6.45, 7) is 4.61. The number of benzene rings is 2. The number of aromatic nitrogens is 2. The molecule has 0 atom stereocenters. The molecule has 0 saturated carbocycles. The van der Waals surface area contributed by atoms with Crippen LogP contribution in [-0.2, 0) is 18.9 Å². The van der Waals surface area contributed by atoms with Gasteiger partial charge in [-0.3, -0.25) is 13.9 Å². The van der Waals surface area contributed by atoms with E-state index in [-0.39, 0.29) is 11.6 Å². The van der Waals surface area contributed by atoms with Gasteiger partial charge in [0.25, 0.3) is 0 Å². The highest BCUT2D eigenvalue weighted by molar-refractivity contribution is 6.32. The van der Waals surface area contributed by atoms with Crippen LogP contribution in [0.5, 0.6) is 11.5 Å². The van der Waals surface area contributed by atoms with Gasteiger partial charge in [0.2, 0.25) is 5.91 Å². The lowest BCUT2D eigenvalue weighted by molar-refractivity contribution is -0.111. The Labute approximate surface area is 185 Å². The van der Waals surface area contributed by atoms with Crippen molar-refractivity contribution in [1.82, 2.24) is 9.13 Å². The third kappa shape index (κ3) is 4.94. The fourth-order valence-electron chi connectivity index (χ4n) is 3.17. The number of hydrogen-bond donors (Lipinski definition) is 1. The molecule has 0 saturated heterocycles. The molecule has 164 valence electrons. The molecule has 8 heteroatoms.